The van der Waals surface area contributed by atoms with Gasteiger partial charge in [0.15, 0.2) is 0 Å². The molecule has 3 nitrogen and oxygen atoms in total. The van der Waals surface area contributed by atoms with Gasteiger partial charge in [0, 0.05) is 5.57 Å². The Morgan fingerprint density at radius 3 is 2.60 bits per heavy atom. The van der Waals surface area contributed by atoms with Gasteiger partial charge < -0.3 is 4.74 Å². The van der Waals surface area contributed by atoms with E-state index in [1.807, 2.05) is 0 Å². The second-order valence-corrected chi connectivity index (χ2v) is 3.05. The molecule has 74 valence electrons. The van der Waals surface area contributed by atoms with E-state index in [9.17, 15) is 9.18 Å². The average molecular weight is 203 g/mol. The SMILES string of the molecule is N#CC1=C(c2ccc(F)cc2)COC1=O. The number of nitrogens with zero attached hydrogens (tertiary/aromatic N) is 1. The quantitative estimate of drug-likeness (QED) is 0.652. The summed E-state index contributed by atoms with van der Waals surface area (Å²) in [6, 6.07) is 7.38. The van der Waals surface area contributed by atoms with E-state index in [1.54, 1.807) is 6.07 Å². The van der Waals surface area contributed by atoms with Crippen LogP contribution in [-0.4, -0.2) is 12.6 Å². The summed E-state index contributed by atoms with van der Waals surface area (Å²) in [5.74, 6) is -0.972. The minimum Gasteiger partial charge on any atom is -0.457 e. The summed E-state index contributed by atoms with van der Waals surface area (Å²) in [6.07, 6.45) is 0. The van der Waals surface area contributed by atoms with Crippen LogP contribution >= 0.6 is 0 Å². The fourth-order valence-electron chi connectivity index (χ4n) is 1.40. The van der Waals surface area contributed by atoms with Crippen LogP contribution in [0.1, 0.15) is 5.56 Å². The molecule has 0 saturated heterocycles. The molecule has 4 heteroatoms. The van der Waals surface area contributed by atoms with Crippen molar-refractivity contribution in [2.75, 3.05) is 6.61 Å². The molecule has 0 saturated carbocycles. The molecule has 1 aromatic carbocycles. The number of benzene rings is 1. The predicted molar refractivity (Wildman–Crippen MR) is 49.9 cm³/mol. The average Bonchev–Trinajstić information content (AvgIpc) is 2.61. The second kappa shape index (κ2) is 3.54. The number of esters is 1. The van der Waals surface area contributed by atoms with Crippen molar-refractivity contribution in [3.63, 3.8) is 0 Å². The van der Waals surface area contributed by atoms with E-state index in [4.69, 9.17) is 10.00 Å². The first-order chi connectivity index (χ1) is 7.22. The van der Waals surface area contributed by atoms with Crippen molar-refractivity contribution in [3.8, 4) is 6.07 Å². The van der Waals surface area contributed by atoms with Crippen molar-refractivity contribution in [1.29, 1.82) is 5.26 Å². The third-order valence-electron chi connectivity index (χ3n) is 2.16. The lowest BCUT2D eigenvalue weighted by atomic mass is 10.0. The number of carbonyl (C=O) groups excluding carboxylic acids is 1. The van der Waals surface area contributed by atoms with Crippen molar-refractivity contribution in [2.45, 2.75) is 0 Å². The van der Waals surface area contributed by atoms with Gasteiger partial charge >= 0.3 is 5.97 Å². The molecule has 0 fully saturated rings. The largest absolute Gasteiger partial charge is 0.457 e. The first-order valence-electron chi connectivity index (χ1n) is 4.28. The topological polar surface area (TPSA) is 50.1 Å². The van der Waals surface area contributed by atoms with E-state index < -0.39 is 5.97 Å². The smallest absolute Gasteiger partial charge is 0.349 e. The number of hydrogen-bond donors (Lipinski definition) is 0. The molecule has 1 aliphatic rings. The van der Waals surface area contributed by atoms with Gasteiger partial charge in [-0.05, 0) is 17.7 Å². The van der Waals surface area contributed by atoms with E-state index in [-0.39, 0.29) is 18.0 Å². The summed E-state index contributed by atoms with van der Waals surface area (Å²) < 4.78 is 17.4. The van der Waals surface area contributed by atoms with Gasteiger partial charge in [0.25, 0.3) is 0 Å². The van der Waals surface area contributed by atoms with Crippen LogP contribution in [0.4, 0.5) is 4.39 Å². The molecule has 0 atom stereocenters. The lowest BCUT2D eigenvalue weighted by Gasteiger charge is -1.99. The first-order valence-corrected chi connectivity index (χ1v) is 4.28. The number of halogens is 1. The summed E-state index contributed by atoms with van der Waals surface area (Å²) >= 11 is 0. The van der Waals surface area contributed by atoms with Gasteiger partial charge in [0.05, 0.1) is 0 Å². The monoisotopic (exact) mass is 203 g/mol. The maximum Gasteiger partial charge on any atom is 0.349 e. The maximum absolute atomic E-state index is 12.7. The second-order valence-electron chi connectivity index (χ2n) is 3.05. The van der Waals surface area contributed by atoms with E-state index in [0.29, 0.717) is 11.1 Å². The molecule has 0 aromatic heterocycles. The van der Waals surface area contributed by atoms with Gasteiger partial charge in [-0.15, -0.1) is 0 Å². The van der Waals surface area contributed by atoms with Crippen LogP contribution in [0.2, 0.25) is 0 Å². The third-order valence-corrected chi connectivity index (χ3v) is 2.16. The standard InChI is InChI=1S/C11H6FNO2/c12-8-3-1-7(2-4-8)10-6-15-11(14)9(10)5-13/h1-4H,6H2. The highest BCUT2D eigenvalue weighted by molar-refractivity contribution is 6.05. The van der Waals surface area contributed by atoms with Gasteiger partial charge in [-0.25, -0.2) is 9.18 Å². The van der Waals surface area contributed by atoms with Crippen molar-refractivity contribution in [1.82, 2.24) is 0 Å². The fourth-order valence-corrected chi connectivity index (χ4v) is 1.40. The van der Waals surface area contributed by atoms with Gasteiger partial charge in [0.2, 0.25) is 0 Å². The van der Waals surface area contributed by atoms with Crippen molar-refractivity contribution in [2.24, 2.45) is 0 Å². The minimum atomic E-state index is -0.614. The van der Waals surface area contributed by atoms with E-state index in [2.05, 4.69) is 0 Å². The van der Waals surface area contributed by atoms with Gasteiger partial charge in [0.1, 0.15) is 24.1 Å². The van der Waals surface area contributed by atoms with Gasteiger partial charge in [-0.1, -0.05) is 12.1 Å². The Kier molecular flexibility index (Phi) is 2.22. The van der Waals surface area contributed by atoms with Crippen LogP contribution in [-0.2, 0) is 9.53 Å². The number of carbonyl (C=O) groups is 1. The molecule has 0 radical (unpaired) electrons. The Balaban J connectivity index is 2.48. The zero-order valence-corrected chi connectivity index (χ0v) is 7.66. The molecule has 0 aliphatic carbocycles. The summed E-state index contributed by atoms with van der Waals surface area (Å²) in [6.45, 7) is 0.0767. The molecule has 1 aromatic rings. The van der Waals surface area contributed by atoms with Crippen LogP contribution in [0.5, 0.6) is 0 Å². The Morgan fingerprint density at radius 2 is 2.00 bits per heavy atom. The van der Waals surface area contributed by atoms with Crippen molar-refractivity contribution in [3.05, 3.63) is 41.2 Å². The lowest BCUT2D eigenvalue weighted by Crippen LogP contribution is -1.96. The molecular weight excluding hydrogens is 197 g/mol. The Hall–Kier alpha value is -2.15. The molecular formula is C11H6FNO2. The summed E-state index contributed by atoms with van der Waals surface area (Å²) in [4.78, 5) is 11.1. The van der Waals surface area contributed by atoms with Gasteiger partial charge in [-0.3, -0.25) is 0 Å². The normalized spacial score (nSPS) is 15.1. The van der Waals surface area contributed by atoms with Crippen molar-refractivity contribution < 1.29 is 13.9 Å². The molecule has 15 heavy (non-hydrogen) atoms. The molecule has 0 unspecified atom stereocenters. The molecule has 1 heterocycles. The van der Waals surface area contributed by atoms with Crippen LogP contribution in [0.25, 0.3) is 5.57 Å². The number of hydrogen-bond acceptors (Lipinski definition) is 3. The highest BCUT2D eigenvalue weighted by Gasteiger charge is 2.25. The van der Waals surface area contributed by atoms with E-state index >= 15 is 0 Å². The molecule has 0 spiro atoms. The van der Waals surface area contributed by atoms with Crippen LogP contribution < -0.4 is 0 Å². The number of cyclic esters (lactones) is 1. The molecule has 2 rings (SSSR count). The highest BCUT2D eigenvalue weighted by Crippen LogP contribution is 2.25. The predicted octanol–water partition coefficient (Wildman–Crippen LogP) is 1.66. The number of ether oxygens (including phenoxy) is 1. The zero-order chi connectivity index (χ0) is 10.8. The van der Waals surface area contributed by atoms with E-state index in [1.165, 1.54) is 24.3 Å². The Bertz CT molecular complexity index is 482. The van der Waals surface area contributed by atoms with Crippen LogP contribution in [0, 0.1) is 17.1 Å². The van der Waals surface area contributed by atoms with Gasteiger partial charge in [-0.2, -0.15) is 5.26 Å². The highest BCUT2D eigenvalue weighted by atomic mass is 19.1. The summed E-state index contributed by atoms with van der Waals surface area (Å²) in [7, 11) is 0. The number of rotatable bonds is 1. The molecule has 0 amide bonds. The third kappa shape index (κ3) is 1.59. The van der Waals surface area contributed by atoms with Crippen molar-refractivity contribution >= 4 is 11.5 Å². The molecule has 0 bridgehead atoms. The summed E-state index contributed by atoms with van der Waals surface area (Å²) in [5.41, 5.74) is 1.16. The maximum atomic E-state index is 12.7. The van der Waals surface area contributed by atoms with E-state index in [0.717, 1.165) is 0 Å². The molecule has 1 aliphatic heterocycles. The molecule has 0 N–H and O–H groups in total. The Morgan fingerprint density at radius 1 is 1.33 bits per heavy atom. The van der Waals surface area contributed by atoms with Crippen LogP contribution in [0.15, 0.2) is 29.8 Å². The lowest BCUT2D eigenvalue weighted by molar-refractivity contribution is -0.135. The first kappa shape index (κ1) is 9.41. The Labute approximate surface area is 85.4 Å². The van der Waals surface area contributed by atoms with Crippen LogP contribution in [0.3, 0.4) is 0 Å². The zero-order valence-electron chi connectivity index (χ0n) is 7.66. The minimum absolute atomic E-state index is 0.00149. The fraction of sp³-hybridized carbons (Fsp3) is 0.0909. The summed E-state index contributed by atoms with van der Waals surface area (Å²) in [5, 5.41) is 8.74. The number of nitriles is 1.